The SMILES string of the molecule is CCCCP(=O)(O)Oc1ccc(C)cc1-c1ccccc1. The van der Waals surface area contributed by atoms with E-state index in [1.165, 1.54) is 0 Å². The molecule has 2 rings (SSSR count). The molecule has 0 aliphatic heterocycles. The maximum atomic E-state index is 12.1. The van der Waals surface area contributed by atoms with E-state index in [0.29, 0.717) is 12.2 Å². The van der Waals surface area contributed by atoms with Gasteiger partial charge < -0.3 is 9.42 Å². The van der Waals surface area contributed by atoms with E-state index in [2.05, 4.69) is 0 Å². The third-order valence-electron chi connectivity index (χ3n) is 3.26. The normalized spacial score (nSPS) is 13.7. The van der Waals surface area contributed by atoms with Crippen LogP contribution in [0.25, 0.3) is 11.1 Å². The van der Waals surface area contributed by atoms with Gasteiger partial charge in [-0.1, -0.05) is 55.3 Å². The van der Waals surface area contributed by atoms with E-state index in [9.17, 15) is 9.46 Å². The van der Waals surface area contributed by atoms with E-state index in [1.54, 1.807) is 6.07 Å². The van der Waals surface area contributed by atoms with Crippen molar-refractivity contribution >= 4 is 7.60 Å². The van der Waals surface area contributed by atoms with Crippen LogP contribution in [0, 0.1) is 6.92 Å². The Balaban J connectivity index is 2.34. The average molecular weight is 304 g/mol. The molecular formula is C17H21O3P. The highest BCUT2D eigenvalue weighted by atomic mass is 31.2. The van der Waals surface area contributed by atoms with Gasteiger partial charge in [0, 0.05) is 5.56 Å². The molecule has 0 fully saturated rings. The second kappa shape index (κ2) is 6.93. The minimum absolute atomic E-state index is 0.186. The molecule has 1 N–H and O–H groups in total. The molecule has 0 aliphatic rings. The maximum absolute atomic E-state index is 12.1. The number of unbranched alkanes of at least 4 members (excludes halogenated alkanes) is 1. The van der Waals surface area contributed by atoms with E-state index < -0.39 is 7.60 Å². The Morgan fingerprint density at radius 2 is 1.86 bits per heavy atom. The minimum atomic E-state index is -3.59. The van der Waals surface area contributed by atoms with Crippen LogP contribution < -0.4 is 4.52 Å². The second-order valence-electron chi connectivity index (χ2n) is 5.17. The summed E-state index contributed by atoms with van der Waals surface area (Å²) in [7, 11) is -3.59. The average Bonchev–Trinajstić information content (AvgIpc) is 2.48. The van der Waals surface area contributed by atoms with E-state index in [-0.39, 0.29) is 6.16 Å². The van der Waals surface area contributed by atoms with E-state index in [1.807, 2.05) is 56.3 Å². The standard InChI is InChI=1S/C17H21O3P/c1-3-4-12-21(18,19)20-17-11-10-14(2)13-16(17)15-8-6-5-7-9-15/h5-11,13H,3-4,12H2,1-2H3,(H,18,19). The lowest BCUT2D eigenvalue weighted by Gasteiger charge is -2.16. The fourth-order valence-electron chi connectivity index (χ4n) is 2.12. The van der Waals surface area contributed by atoms with Gasteiger partial charge in [-0.2, -0.15) is 0 Å². The van der Waals surface area contributed by atoms with Gasteiger partial charge in [0.25, 0.3) is 0 Å². The first-order chi connectivity index (χ1) is 10.0. The summed E-state index contributed by atoms with van der Waals surface area (Å²) in [5, 5.41) is 0. The Morgan fingerprint density at radius 1 is 1.14 bits per heavy atom. The molecule has 112 valence electrons. The molecule has 0 aliphatic carbocycles. The molecule has 4 heteroatoms. The smallest absolute Gasteiger partial charge is 0.376 e. The van der Waals surface area contributed by atoms with Gasteiger partial charge in [-0.05, 0) is 31.0 Å². The first-order valence-electron chi connectivity index (χ1n) is 7.19. The van der Waals surface area contributed by atoms with Gasteiger partial charge in [0.05, 0.1) is 6.16 Å². The molecule has 2 aromatic rings. The number of rotatable bonds is 6. The third-order valence-corrected chi connectivity index (χ3v) is 4.62. The summed E-state index contributed by atoms with van der Waals surface area (Å²) in [4.78, 5) is 9.97. The zero-order valence-corrected chi connectivity index (χ0v) is 13.3. The Hall–Kier alpha value is -1.57. The molecule has 2 aromatic carbocycles. The number of hydrogen-bond donors (Lipinski definition) is 1. The van der Waals surface area contributed by atoms with Crippen LogP contribution in [0.15, 0.2) is 48.5 Å². The van der Waals surface area contributed by atoms with Crippen LogP contribution in [0.3, 0.4) is 0 Å². The number of aryl methyl sites for hydroxylation is 1. The van der Waals surface area contributed by atoms with Crippen molar-refractivity contribution in [2.24, 2.45) is 0 Å². The first kappa shape index (κ1) is 15.8. The molecule has 0 saturated heterocycles. The summed E-state index contributed by atoms with van der Waals surface area (Å²) in [5.74, 6) is 0.466. The highest BCUT2D eigenvalue weighted by Crippen LogP contribution is 2.46. The molecule has 21 heavy (non-hydrogen) atoms. The van der Waals surface area contributed by atoms with Crippen molar-refractivity contribution in [3.8, 4) is 16.9 Å². The quantitative estimate of drug-likeness (QED) is 0.762. The fourth-order valence-corrected chi connectivity index (χ4v) is 3.40. The summed E-state index contributed by atoms with van der Waals surface area (Å²) >= 11 is 0. The number of benzene rings is 2. The molecular weight excluding hydrogens is 283 g/mol. The molecule has 0 amide bonds. The van der Waals surface area contributed by atoms with Crippen molar-refractivity contribution in [1.82, 2.24) is 0 Å². The van der Waals surface area contributed by atoms with Crippen molar-refractivity contribution in [2.45, 2.75) is 26.7 Å². The second-order valence-corrected chi connectivity index (χ2v) is 7.08. The largest absolute Gasteiger partial charge is 0.424 e. The van der Waals surface area contributed by atoms with Crippen LogP contribution in [0.5, 0.6) is 5.75 Å². The molecule has 0 aromatic heterocycles. The maximum Gasteiger partial charge on any atom is 0.376 e. The van der Waals surface area contributed by atoms with Crippen LogP contribution in [-0.2, 0) is 4.57 Å². The lowest BCUT2D eigenvalue weighted by Crippen LogP contribution is -1.98. The monoisotopic (exact) mass is 304 g/mol. The van der Waals surface area contributed by atoms with Crippen molar-refractivity contribution < 1.29 is 14.0 Å². The summed E-state index contributed by atoms with van der Waals surface area (Å²) in [5.41, 5.74) is 2.91. The van der Waals surface area contributed by atoms with Crippen molar-refractivity contribution in [2.75, 3.05) is 6.16 Å². The molecule has 0 saturated carbocycles. The van der Waals surface area contributed by atoms with Crippen LogP contribution in [0.2, 0.25) is 0 Å². The molecule has 1 unspecified atom stereocenters. The Bertz CT molecular complexity index is 638. The van der Waals surface area contributed by atoms with Gasteiger partial charge in [0.15, 0.2) is 0 Å². The van der Waals surface area contributed by atoms with Gasteiger partial charge in [-0.15, -0.1) is 0 Å². The summed E-state index contributed by atoms with van der Waals surface area (Å²) in [6.45, 7) is 3.98. The van der Waals surface area contributed by atoms with Crippen LogP contribution in [0.4, 0.5) is 0 Å². The highest BCUT2D eigenvalue weighted by Gasteiger charge is 2.22. The Morgan fingerprint density at radius 3 is 2.52 bits per heavy atom. The van der Waals surface area contributed by atoms with Crippen LogP contribution >= 0.6 is 7.60 Å². The van der Waals surface area contributed by atoms with E-state index in [0.717, 1.165) is 23.1 Å². The highest BCUT2D eigenvalue weighted by molar-refractivity contribution is 7.53. The summed E-state index contributed by atoms with van der Waals surface area (Å²) in [6, 6.07) is 15.4. The lowest BCUT2D eigenvalue weighted by atomic mass is 10.0. The van der Waals surface area contributed by atoms with Crippen molar-refractivity contribution in [1.29, 1.82) is 0 Å². The third kappa shape index (κ3) is 4.45. The summed E-state index contributed by atoms with van der Waals surface area (Å²) < 4.78 is 17.6. The van der Waals surface area contributed by atoms with Crippen LogP contribution in [0.1, 0.15) is 25.3 Å². The molecule has 0 radical (unpaired) electrons. The lowest BCUT2D eigenvalue weighted by molar-refractivity contribution is 0.378. The number of hydrogen-bond acceptors (Lipinski definition) is 2. The van der Waals surface area contributed by atoms with Crippen LogP contribution in [-0.4, -0.2) is 11.1 Å². The zero-order chi connectivity index (χ0) is 15.3. The molecule has 0 heterocycles. The topological polar surface area (TPSA) is 46.5 Å². The van der Waals surface area contributed by atoms with Gasteiger partial charge in [0.1, 0.15) is 5.75 Å². The summed E-state index contributed by atoms with van der Waals surface area (Å²) in [6.07, 6.45) is 1.74. The zero-order valence-electron chi connectivity index (χ0n) is 12.5. The molecule has 3 nitrogen and oxygen atoms in total. The molecule has 0 bridgehead atoms. The minimum Gasteiger partial charge on any atom is -0.424 e. The predicted molar refractivity (Wildman–Crippen MR) is 86.8 cm³/mol. The van der Waals surface area contributed by atoms with E-state index >= 15 is 0 Å². The Kier molecular flexibility index (Phi) is 5.22. The molecule has 0 spiro atoms. The fraction of sp³-hybridized carbons (Fsp3) is 0.294. The van der Waals surface area contributed by atoms with Gasteiger partial charge in [-0.25, -0.2) is 4.57 Å². The Labute approximate surface area is 126 Å². The van der Waals surface area contributed by atoms with Crippen molar-refractivity contribution in [3.63, 3.8) is 0 Å². The first-order valence-corrected chi connectivity index (χ1v) is 8.95. The van der Waals surface area contributed by atoms with Gasteiger partial charge >= 0.3 is 7.60 Å². The predicted octanol–water partition coefficient (Wildman–Crippen LogP) is 5.03. The molecule has 1 atom stereocenters. The van der Waals surface area contributed by atoms with Crippen molar-refractivity contribution in [3.05, 3.63) is 54.1 Å². The van der Waals surface area contributed by atoms with Gasteiger partial charge in [-0.3, -0.25) is 0 Å². The van der Waals surface area contributed by atoms with Gasteiger partial charge in [0.2, 0.25) is 0 Å². The van der Waals surface area contributed by atoms with E-state index in [4.69, 9.17) is 4.52 Å².